The summed E-state index contributed by atoms with van der Waals surface area (Å²) in [6.07, 6.45) is 1.43. The van der Waals surface area contributed by atoms with Crippen LogP contribution in [0.2, 0.25) is 0 Å². The van der Waals surface area contributed by atoms with Gasteiger partial charge in [0.25, 0.3) is 0 Å². The maximum Gasteiger partial charge on any atom is 0.0290 e. The van der Waals surface area contributed by atoms with Crippen molar-refractivity contribution in [2.24, 2.45) is 0 Å². The van der Waals surface area contributed by atoms with Gasteiger partial charge in [-0.3, -0.25) is 0 Å². The van der Waals surface area contributed by atoms with Gasteiger partial charge in [0.15, 0.2) is 0 Å². The van der Waals surface area contributed by atoms with E-state index in [-0.39, 0.29) is 38.5 Å². The summed E-state index contributed by atoms with van der Waals surface area (Å²) in [6.45, 7) is 9.16. The summed E-state index contributed by atoms with van der Waals surface area (Å²) >= 11 is 0. The summed E-state index contributed by atoms with van der Waals surface area (Å²) in [6, 6.07) is 7.48. The molecular formula is C10H12OY-2. The quantitative estimate of drug-likeness (QED) is 0.744. The summed E-state index contributed by atoms with van der Waals surface area (Å²) in [4.78, 5) is 0. The van der Waals surface area contributed by atoms with E-state index in [1.165, 1.54) is 12.1 Å². The SMILES string of the molecule is CC.[CH-]=Cc1[c-]cc(O)cc1.[Y]. The smallest absolute Gasteiger partial charge is 0.0290 e. The van der Waals surface area contributed by atoms with E-state index >= 15 is 0 Å². The number of benzene rings is 1. The second-order valence-corrected chi connectivity index (χ2v) is 1.67. The Bertz CT molecular complexity index is 204. The van der Waals surface area contributed by atoms with Gasteiger partial charge in [-0.15, -0.1) is 12.1 Å². The monoisotopic (exact) mass is 237 g/mol. The van der Waals surface area contributed by atoms with Crippen molar-refractivity contribution < 1.29 is 37.8 Å². The van der Waals surface area contributed by atoms with Crippen molar-refractivity contribution in [1.82, 2.24) is 0 Å². The standard InChI is InChI=1S/C8H6O.C2H6.Y/c1-2-7-3-5-8(9)6-4-7;1-2;/h1-3,5-6,9H;1-2H3;/q-2;;. The molecule has 1 N–H and O–H groups in total. The third-order valence-corrected chi connectivity index (χ3v) is 1.000. The predicted octanol–water partition coefficient (Wildman–Crippen LogP) is 2.66. The van der Waals surface area contributed by atoms with Crippen molar-refractivity contribution in [2.75, 3.05) is 0 Å². The summed E-state index contributed by atoms with van der Waals surface area (Å²) in [5, 5.41) is 8.77. The van der Waals surface area contributed by atoms with E-state index in [1.807, 2.05) is 13.8 Å². The molecule has 1 radical (unpaired) electrons. The fourth-order valence-corrected chi connectivity index (χ4v) is 0.532. The number of aromatic hydroxyl groups is 1. The first-order valence-electron chi connectivity index (χ1n) is 3.58. The van der Waals surface area contributed by atoms with Crippen LogP contribution < -0.4 is 0 Å². The average molecular weight is 237 g/mol. The van der Waals surface area contributed by atoms with Gasteiger partial charge in [-0.25, -0.2) is 12.1 Å². The van der Waals surface area contributed by atoms with Crippen LogP contribution in [-0.2, 0) is 32.7 Å². The van der Waals surface area contributed by atoms with Crippen LogP contribution in [0.25, 0.3) is 6.08 Å². The van der Waals surface area contributed by atoms with Gasteiger partial charge in [-0.2, -0.15) is 0 Å². The largest absolute Gasteiger partial charge is 0.552 e. The molecule has 0 aromatic heterocycles. The topological polar surface area (TPSA) is 20.2 Å². The molecule has 1 rings (SSSR count). The molecule has 0 unspecified atom stereocenters. The van der Waals surface area contributed by atoms with Gasteiger partial charge in [0.2, 0.25) is 0 Å². The Labute approximate surface area is 99.4 Å². The van der Waals surface area contributed by atoms with Crippen LogP contribution in [0.3, 0.4) is 0 Å². The first-order chi connectivity index (χ1) is 5.33. The molecule has 0 aliphatic heterocycles. The zero-order chi connectivity index (χ0) is 8.69. The van der Waals surface area contributed by atoms with E-state index in [0.717, 1.165) is 5.56 Å². The van der Waals surface area contributed by atoms with E-state index in [0.29, 0.717) is 0 Å². The summed E-state index contributed by atoms with van der Waals surface area (Å²) in [7, 11) is 0. The third-order valence-electron chi connectivity index (χ3n) is 1.000. The number of rotatable bonds is 1. The zero-order valence-electron chi connectivity index (χ0n) is 7.41. The molecule has 2 heteroatoms. The van der Waals surface area contributed by atoms with Crippen molar-refractivity contribution in [3.63, 3.8) is 0 Å². The summed E-state index contributed by atoms with van der Waals surface area (Å²) < 4.78 is 0. The zero-order valence-corrected chi connectivity index (χ0v) is 10.2. The maximum absolute atomic E-state index is 8.77. The Balaban J connectivity index is 0. The van der Waals surface area contributed by atoms with Gasteiger partial charge in [0, 0.05) is 38.5 Å². The number of hydrogen-bond acceptors (Lipinski definition) is 1. The molecule has 0 spiro atoms. The van der Waals surface area contributed by atoms with Gasteiger partial charge in [0.1, 0.15) is 0 Å². The molecule has 0 saturated heterocycles. The van der Waals surface area contributed by atoms with Gasteiger partial charge in [0.05, 0.1) is 0 Å². The molecule has 0 aliphatic carbocycles. The van der Waals surface area contributed by atoms with E-state index in [9.17, 15) is 0 Å². The fourth-order valence-electron chi connectivity index (χ4n) is 0.532. The predicted molar refractivity (Wildman–Crippen MR) is 47.1 cm³/mol. The van der Waals surface area contributed by atoms with Crippen molar-refractivity contribution in [3.05, 3.63) is 36.4 Å². The van der Waals surface area contributed by atoms with Gasteiger partial charge < -0.3 is 23.3 Å². The van der Waals surface area contributed by atoms with Crippen LogP contribution in [0.1, 0.15) is 19.4 Å². The molecule has 0 bridgehead atoms. The Hall–Kier alpha value is -0.136. The van der Waals surface area contributed by atoms with Crippen LogP contribution in [0.5, 0.6) is 5.75 Å². The first kappa shape index (κ1) is 14.4. The fraction of sp³-hybridized carbons (Fsp3) is 0.200. The van der Waals surface area contributed by atoms with Crippen LogP contribution in [-0.4, -0.2) is 5.11 Å². The van der Waals surface area contributed by atoms with Crippen molar-refractivity contribution >= 4 is 6.08 Å². The second-order valence-electron chi connectivity index (χ2n) is 1.67. The Kier molecular flexibility index (Phi) is 10.7. The van der Waals surface area contributed by atoms with Crippen molar-refractivity contribution in [3.8, 4) is 5.75 Å². The van der Waals surface area contributed by atoms with Crippen molar-refractivity contribution in [2.45, 2.75) is 13.8 Å². The van der Waals surface area contributed by atoms with Crippen molar-refractivity contribution in [1.29, 1.82) is 0 Å². The molecule has 0 atom stereocenters. The number of phenolic OH excluding ortho intramolecular Hbond substituents is 1. The maximum atomic E-state index is 8.77. The third kappa shape index (κ3) is 5.51. The van der Waals surface area contributed by atoms with Gasteiger partial charge in [-0.1, -0.05) is 13.8 Å². The Morgan fingerprint density at radius 1 is 1.42 bits per heavy atom. The van der Waals surface area contributed by atoms with Crippen LogP contribution in [0.4, 0.5) is 0 Å². The van der Waals surface area contributed by atoms with Gasteiger partial charge >= 0.3 is 0 Å². The van der Waals surface area contributed by atoms with Crippen LogP contribution >= 0.6 is 0 Å². The van der Waals surface area contributed by atoms with E-state index < -0.39 is 0 Å². The molecule has 12 heavy (non-hydrogen) atoms. The summed E-state index contributed by atoms with van der Waals surface area (Å²) in [5.74, 6) is 0.209. The number of phenols is 1. The molecule has 1 aromatic carbocycles. The molecule has 0 heterocycles. The first-order valence-corrected chi connectivity index (χ1v) is 3.58. The number of hydrogen-bond donors (Lipinski definition) is 1. The molecular weight excluding hydrogens is 225 g/mol. The molecule has 0 amide bonds. The molecule has 0 aliphatic rings. The minimum Gasteiger partial charge on any atom is -0.552 e. The normalized spacial score (nSPS) is 7.17. The van der Waals surface area contributed by atoms with Crippen LogP contribution in [0, 0.1) is 12.6 Å². The second kappa shape index (κ2) is 8.96. The van der Waals surface area contributed by atoms with E-state index in [4.69, 9.17) is 11.7 Å². The summed E-state index contributed by atoms with van der Waals surface area (Å²) in [5.41, 5.74) is 0.785. The van der Waals surface area contributed by atoms with E-state index in [2.05, 4.69) is 6.07 Å². The molecule has 63 valence electrons. The minimum atomic E-state index is 0. The molecule has 1 aromatic rings. The Morgan fingerprint density at radius 2 is 2.00 bits per heavy atom. The van der Waals surface area contributed by atoms with Crippen LogP contribution in [0.15, 0.2) is 18.2 Å². The average Bonchev–Trinajstić information content (AvgIpc) is 2.10. The molecule has 1 nitrogen and oxygen atoms in total. The van der Waals surface area contributed by atoms with E-state index in [1.54, 1.807) is 12.1 Å². The van der Waals surface area contributed by atoms with Gasteiger partial charge in [-0.05, 0) is 0 Å². The Morgan fingerprint density at radius 3 is 2.33 bits per heavy atom. The minimum absolute atomic E-state index is 0. The molecule has 0 fully saturated rings. The molecule has 0 saturated carbocycles.